The minimum absolute atomic E-state index is 0.163. The average molecular weight is 392 g/mol. The number of ether oxygens (including phenoxy) is 1. The maximum absolute atomic E-state index is 12.8. The van der Waals surface area contributed by atoms with E-state index in [-0.39, 0.29) is 36.1 Å². The Kier molecular flexibility index (Phi) is 4.88. The van der Waals surface area contributed by atoms with Crippen LogP contribution in [0.15, 0.2) is 48.5 Å². The van der Waals surface area contributed by atoms with E-state index in [2.05, 4.69) is 0 Å². The molecule has 7 nitrogen and oxygen atoms in total. The minimum Gasteiger partial charge on any atom is -0.449 e. The normalized spacial score (nSPS) is 16.7. The number of hydrogen-bond acceptors (Lipinski definition) is 5. The third-order valence-corrected chi connectivity index (χ3v) is 5.18. The van der Waals surface area contributed by atoms with E-state index in [1.807, 2.05) is 24.3 Å². The van der Waals surface area contributed by atoms with E-state index in [1.54, 1.807) is 24.0 Å². The van der Waals surface area contributed by atoms with Gasteiger partial charge in [-0.2, -0.15) is 0 Å². The minimum atomic E-state index is -0.965. The van der Waals surface area contributed by atoms with Crippen molar-refractivity contribution in [3.63, 3.8) is 0 Å². The summed E-state index contributed by atoms with van der Waals surface area (Å²) in [7, 11) is 0. The molecule has 2 aromatic carbocycles. The van der Waals surface area contributed by atoms with Gasteiger partial charge >= 0.3 is 5.97 Å². The first-order chi connectivity index (χ1) is 14.0. The number of carbonyl (C=O) groups excluding carboxylic acids is 4. The van der Waals surface area contributed by atoms with Gasteiger partial charge in [-0.1, -0.05) is 24.3 Å². The molecule has 2 aliphatic heterocycles. The van der Waals surface area contributed by atoms with Gasteiger partial charge in [-0.25, -0.2) is 4.79 Å². The number of fused-ring (bicyclic) bond motifs is 1. The number of anilines is 2. The predicted molar refractivity (Wildman–Crippen MR) is 106 cm³/mol. The average Bonchev–Trinajstić information content (AvgIpc) is 3.30. The molecule has 1 fully saturated rings. The zero-order chi connectivity index (χ0) is 20.5. The first-order valence-electron chi connectivity index (χ1n) is 9.52. The molecule has 0 N–H and O–H groups in total. The quantitative estimate of drug-likeness (QED) is 0.590. The van der Waals surface area contributed by atoms with E-state index in [0.29, 0.717) is 12.2 Å². The van der Waals surface area contributed by atoms with Gasteiger partial charge in [0.25, 0.3) is 5.91 Å². The lowest BCUT2D eigenvalue weighted by Crippen LogP contribution is -2.39. The number of imide groups is 1. The molecule has 0 bridgehead atoms. The van der Waals surface area contributed by atoms with Gasteiger partial charge in [0.05, 0.1) is 11.3 Å². The molecule has 2 aliphatic rings. The van der Waals surface area contributed by atoms with Crippen molar-refractivity contribution in [2.45, 2.75) is 32.3 Å². The van der Waals surface area contributed by atoms with Gasteiger partial charge in [0.2, 0.25) is 11.8 Å². The highest BCUT2D eigenvalue weighted by molar-refractivity contribution is 6.20. The number of carbonyl (C=O) groups is 4. The fraction of sp³-hybridized carbons (Fsp3) is 0.273. The molecule has 0 radical (unpaired) electrons. The van der Waals surface area contributed by atoms with Crippen LogP contribution < -0.4 is 9.80 Å². The molecular weight excluding hydrogens is 372 g/mol. The zero-order valence-electron chi connectivity index (χ0n) is 16.0. The van der Waals surface area contributed by atoms with Crippen LogP contribution in [-0.2, 0) is 25.5 Å². The van der Waals surface area contributed by atoms with Crippen molar-refractivity contribution in [1.29, 1.82) is 0 Å². The molecular formula is C22H20N2O5. The van der Waals surface area contributed by atoms with Crippen molar-refractivity contribution in [2.75, 3.05) is 16.3 Å². The third-order valence-electron chi connectivity index (χ3n) is 5.18. The van der Waals surface area contributed by atoms with Crippen molar-refractivity contribution < 1.29 is 23.9 Å². The van der Waals surface area contributed by atoms with E-state index in [0.717, 1.165) is 22.6 Å². The summed E-state index contributed by atoms with van der Waals surface area (Å²) in [5, 5.41) is 0. The van der Waals surface area contributed by atoms with Crippen molar-refractivity contribution in [3.8, 4) is 0 Å². The Morgan fingerprint density at radius 2 is 1.69 bits per heavy atom. The molecule has 0 saturated carbocycles. The molecule has 7 heteroatoms. The van der Waals surface area contributed by atoms with Gasteiger partial charge in [-0.15, -0.1) is 0 Å². The monoisotopic (exact) mass is 392 g/mol. The molecule has 0 unspecified atom stereocenters. The van der Waals surface area contributed by atoms with Gasteiger partial charge in [0.1, 0.15) is 0 Å². The number of rotatable bonds is 4. The summed E-state index contributed by atoms with van der Waals surface area (Å²) in [6.07, 6.45) is 0.127. The van der Waals surface area contributed by atoms with Crippen molar-refractivity contribution in [3.05, 3.63) is 59.7 Å². The van der Waals surface area contributed by atoms with Crippen LogP contribution in [0, 0.1) is 0 Å². The summed E-state index contributed by atoms with van der Waals surface area (Å²) in [5.41, 5.74) is 2.44. The number of amides is 3. The summed E-state index contributed by atoms with van der Waals surface area (Å²) < 4.78 is 5.38. The van der Waals surface area contributed by atoms with Crippen LogP contribution in [0.3, 0.4) is 0 Å². The van der Waals surface area contributed by atoms with Crippen molar-refractivity contribution in [2.24, 2.45) is 0 Å². The molecule has 1 saturated heterocycles. The highest BCUT2D eigenvalue weighted by atomic mass is 16.5. The smallest absolute Gasteiger partial charge is 0.338 e. The summed E-state index contributed by atoms with van der Waals surface area (Å²) in [4.78, 5) is 51.9. The number of para-hydroxylation sites is 1. The van der Waals surface area contributed by atoms with E-state index in [1.165, 1.54) is 12.1 Å². The summed E-state index contributed by atoms with van der Waals surface area (Å²) in [6, 6.07) is 13.8. The number of esters is 1. The summed E-state index contributed by atoms with van der Waals surface area (Å²) in [5.74, 6) is -1.56. The van der Waals surface area contributed by atoms with Crippen LogP contribution >= 0.6 is 0 Å². The molecule has 3 amide bonds. The van der Waals surface area contributed by atoms with E-state index in [4.69, 9.17) is 4.74 Å². The Hall–Kier alpha value is -3.48. The van der Waals surface area contributed by atoms with Crippen LogP contribution in [0.2, 0.25) is 0 Å². The molecule has 4 rings (SSSR count). The van der Waals surface area contributed by atoms with Crippen molar-refractivity contribution in [1.82, 2.24) is 0 Å². The van der Waals surface area contributed by atoms with E-state index >= 15 is 0 Å². The fourth-order valence-electron chi connectivity index (χ4n) is 3.70. The Morgan fingerprint density at radius 1 is 0.966 bits per heavy atom. The first-order valence-corrected chi connectivity index (χ1v) is 9.52. The molecule has 148 valence electrons. The second-order valence-corrected chi connectivity index (χ2v) is 7.09. The van der Waals surface area contributed by atoms with Gasteiger partial charge in [0, 0.05) is 25.1 Å². The largest absolute Gasteiger partial charge is 0.449 e. The summed E-state index contributed by atoms with van der Waals surface area (Å²) >= 11 is 0. The zero-order valence-corrected chi connectivity index (χ0v) is 16.0. The van der Waals surface area contributed by atoms with Crippen LogP contribution in [0.25, 0.3) is 0 Å². The van der Waals surface area contributed by atoms with E-state index in [9.17, 15) is 19.2 Å². The number of hydrogen-bond donors (Lipinski definition) is 0. The van der Waals surface area contributed by atoms with Crippen LogP contribution in [0.5, 0.6) is 0 Å². The first kappa shape index (κ1) is 18.9. The fourth-order valence-corrected chi connectivity index (χ4v) is 3.70. The van der Waals surface area contributed by atoms with Crippen molar-refractivity contribution >= 4 is 35.1 Å². The molecule has 0 aromatic heterocycles. The maximum Gasteiger partial charge on any atom is 0.338 e. The Morgan fingerprint density at radius 3 is 2.45 bits per heavy atom. The lowest BCUT2D eigenvalue weighted by molar-refractivity contribution is -0.126. The molecule has 2 aromatic rings. The highest BCUT2D eigenvalue weighted by Crippen LogP contribution is 2.28. The molecule has 2 heterocycles. The van der Waals surface area contributed by atoms with Crippen LogP contribution in [0.1, 0.15) is 35.7 Å². The predicted octanol–water partition coefficient (Wildman–Crippen LogP) is 2.47. The molecule has 0 aliphatic carbocycles. The number of nitrogens with zero attached hydrogens (tertiary/aromatic N) is 2. The Labute approximate surface area is 167 Å². The third kappa shape index (κ3) is 3.51. The summed E-state index contributed by atoms with van der Waals surface area (Å²) in [6.45, 7) is 2.09. The Bertz CT molecular complexity index is 1000. The van der Waals surface area contributed by atoms with Gasteiger partial charge in [-0.3, -0.25) is 19.3 Å². The number of benzene rings is 2. The van der Waals surface area contributed by atoms with E-state index < -0.39 is 12.1 Å². The topological polar surface area (TPSA) is 84.0 Å². The highest BCUT2D eigenvalue weighted by Gasteiger charge is 2.32. The lowest BCUT2D eigenvalue weighted by Gasteiger charge is -2.22. The lowest BCUT2D eigenvalue weighted by atomic mass is 10.2. The standard InChI is InChI=1S/C22H20N2O5/c1-14(21(27)23-12-11-15-5-2-3-8-18(15)23)29-22(28)16-6-4-7-17(13-16)24-19(25)9-10-20(24)26/h2-8,13-14H,9-12H2,1H3/t14-/m1/s1. The molecule has 29 heavy (non-hydrogen) atoms. The van der Waals surface area contributed by atoms with Gasteiger partial charge < -0.3 is 9.64 Å². The van der Waals surface area contributed by atoms with Crippen LogP contribution in [0.4, 0.5) is 11.4 Å². The second kappa shape index (κ2) is 7.50. The Balaban J connectivity index is 1.47. The van der Waals surface area contributed by atoms with Gasteiger partial charge in [-0.05, 0) is 43.2 Å². The van der Waals surface area contributed by atoms with Gasteiger partial charge in [0.15, 0.2) is 6.10 Å². The molecule has 1 atom stereocenters. The second-order valence-electron chi connectivity index (χ2n) is 7.09. The molecule has 0 spiro atoms. The maximum atomic E-state index is 12.8. The SMILES string of the molecule is C[C@@H](OC(=O)c1cccc(N2C(=O)CCC2=O)c1)C(=O)N1CCc2ccccc21. The van der Waals surface area contributed by atoms with Crippen LogP contribution in [-0.4, -0.2) is 36.3 Å².